The lowest BCUT2D eigenvalue weighted by atomic mass is 9.93. The van der Waals surface area contributed by atoms with Crippen LogP contribution in [0.15, 0.2) is 120 Å². The molecule has 0 amide bonds. The summed E-state index contributed by atoms with van der Waals surface area (Å²) in [6.45, 7) is 0. The molecule has 144 valence electrons. The van der Waals surface area contributed by atoms with Crippen molar-refractivity contribution in [2.75, 3.05) is 5.32 Å². The van der Waals surface area contributed by atoms with Crippen LogP contribution in [-0.4, -0.2) is 0 Å². The van der Waals surface area contributed by atoms with E-state index in [1.54, 1.807) is 0 Å². The summed E-state index contributed by atoms with van der Waals surface area (Å²) in [6.07, 6.45) is 0. The van der Waals surface area contributed by atoms with Crippen LogP contribution >= 0.6 is 15.9 Å². The maximum absolute atomic E-state index is 3.48. The molecule has 0 saturated heterocycles. The lowest BCUT2D eigenvalue weighted by molar-refractivity contribution is 1.53. The molecule has 0 aliphatic rings. The van der Waals surface area contributed by atoms with Crippen LogP contribution < -0.4 is 5.32 Å². The molecule has 1 nitrogen and oxygen atoms in total. The van der Waals surface area contributed by atoms with Crippen LogP contribution in [0.5, 0.6) is 0 Å². The molecule has 5 aromatic rings. The highest BCUT2D eigenvalue weighted by atomic mass is 79.9. The highest BCUT2D eigenvalue weighted by Gasteiger charge is 2.08. The molecule has 0 heterocycles. The number of hydrogen-bond donors (Lipinski definition) is 1. The van der Waals surface area contributed by atoms with Crippen LogP contribution in [0.25, 0.3) is 33.0 Å². The first-order valence-corrected chi connectivity index (χ1v) is 10.8. The standard InChI is InChI=1S/C28H20BrN/c29-24-13-17-26(18-14-24)30-25-15-11-21(12-16-25)27-7-3-4-8-28(27)23-10-9-20-5-1-2-6-22(20)19-23/h1-19,30H. The van der Waals surface area contributed by atoms with Gasteiger partial charge in [-0.05, 0) is 75.5 Å². The summed E-state index contributed by atoms with van der Waals surface area (Å²) >= 11 is 3.48. The lowest BCUT2D eigenvalue weighted by Gasteiger charge is -2.12. The maximum Gasteiger partial charge on any atom is 0.0384 e. The molecule has 0 aromatic heterocycles. The topological polar surface area (TPSA) is 12.0 Å². The summed E-state index contributed by atoms with van der Waals surface area (Å²) in [4.78, 5) is 0. The maximum atomic E-state index is 3.48. The van der Waals surface area contributed by atoms with Crippen molar-refractivity contribution in [3.63, 3.8) is 0 Å². The van der Waals surface area contributed by atoms with Crippen molar-refractivity contribution in [2.24, 2.45) is 0 Å². The zero-order chi connectivity index (χ0) is 20.3. The number of nitrogens with one attached hydrogen (secondary N) is 1. The summed E-state index contributed by atoms with van der Waals surface area (Å²) in [6, 6.07) is 40.6. The van der Waals surface area contributed by atoms with Crippen molar-refractivity contribution >= 4 is 38.1 Å². The molecule has 0 aliphatic carbocycles. The van der Waals surface area contributed by atoms with E-state index in [0.29, 0.717) is 0 Å². The van der Waals surface area contributed by atoms with Gasteiger partial charge >= 0.3 is 0 Å². The molecule has 1 N–H and O–H groups in total. The van der Waals surface area contributed by atoms with Gasteiger partial charge in [0.05, 0.1) is 0 Å². The Morgan fingerprint density at radius 1 is 0.467 bits per heavy atom. The van der Waals surface area contributed by atoms with Gasteiger partial charge in [-0.2, -0.15) is 0 Å². The van der Waals surface area contributed by atoms with Crippen LogP contribution in [0.4, 0.5) is 11.4 Å². The molecule has 0 fully saturated rings. The third-order valence-electron chi connectivity index (χ3n) is 5.32. The fourth-order valence-electron chi connectivity index (χ4n) is 3.78. The Balaban J connectivity index is 1.48. The van der Waals surface area contributed by atoms with Crippen LogP contribution in [0.1, 0.15) is 0 Å². The Labute approximate surface area is 185 Å². The molecular weight excluding hydrogens is 430 g/mol. The normalized spacial score (nSPS) is 10.8. The van der Waals surface area contributed by atoms with Crippen molar-refractivity contribution < 1.29 is 0 Å². The van der Waals surface area contributed by atoms with Crippen LogP contribution in [0, 0.1) is 0 Å². The average Bonchev–Trinajstić information content (AvgIpc) is 2.81. The molecule has 5 rings (SSSR count). The van der Waals surface area contributed by atoms with Gasteiger partial charge in [-0.15, -0.1) is 0 Å². The SMILES string of the molecule is Brc1ccc(Nc2ccc(-c3ccccc3-c3ccc4ccccc4c3)cc2)cc1. The Bertz CT molecular complexity index is 1300. The van der Waals surface area contributed by atoms with Crippen LogP contribution in [0.3, 0.4) is 0 Å². The van der Waals surface area contributed by atoms with Gasteiger partial charge in [-0.1, -0.05) is 88.7 Å². The van der Waals surface area contributed by atoms with E-state index in [2.05, 4.69) is 124 Å². The van der Waals surface area contributed by atoms with Gasteiger partial charge in [0, 0.05) is 15.8 Å². The van der Waals surface area contributed by atoms with Crippen LogP contribution in [-0.2, 0) is 0 Å². The van der Waals surface area contributed by atoms with Gasteiger partial charge in [0.25, 0.3) is 0 Å². The first kappa shape index (κ1) is 18.7. The lowest BCUT2D eigenvalue weighted by Crippen LogP contribution is -1.90. The van der Waals surface area contributed by atoms with E-state index in [0.717, 1.165) is 15.8 Å². The van der Waals surface area contributed by atoms with E-state index in [9.17, 15) is 0 Å². The number of fused-ring (bicyclic) bond motifs is 1. The molecule has 30 heavy (non-hydrogen) atoms. The molecule has 0 spiro atoms. The second kappa shape index (κ2) is 8.17. The van der Waals surface area contributed by atoms with Gasteiger partial charge in [0.15, 0.2) is 0 Å². The van der Waals surface area contributed by atoms with E-state index in [-0.39, 0.29) is 0 Å². The minimum atomic E-state index is 1.07. The largest absolute Gasteiger partial charge is 0.356 e. The highest BCUT2D eigenvalue weighted by molar-refractivity contribution is 9.10. The highest BCUT2D eigenvalue weighted by Crippen LogP contribution is 2.34. The fourth-order valence-corrected chi connectivity index (χ4v) is 4.04. The molecule has 0 aliphatic heterocycles. The van der Waals surface area contributed by atoms with Gasteiger partial charge in [-0.3, -0.25) is 0 Å². The first-order valence-electron chi connectivity index (χ1n) is 9.97. The summed E-state index contributed by atoms with van der Waals surface area (Å²) in [5.74, 6) is 0. The number of rotatable bonds is 4. The summed E-state index contributed by atoms with van der Waals surface area (Å²) < 4.78 is 1.08. The quantitative estimate of drug-likeness (QED) is 0.289. The predicted octanol–water partition coefficient (Wildman–Crippen LogP) is 8.68. The summed E-state index contributed by atoms with van der Waals surface area (Å²) in [7, 11) is 0. The van der Waals surface area contributed by atoms with E-state index in [1.807, 2.05) is 12.1 Å². The molecule has 0 atom stereocenters. The third-order valence-corrected chi connectivity index (χ3v) is 5.85. The van der Waals surface area contributed by atoms with Crippen molar-refractivity contribution in [1.29, 1.82) is 0 Å². The molecule has 0 radical (unpaired) electrons. The molecule has 0 unspecified atom stereocenters. The molecular formula is C28H20BrN. The Morgan fingerprint density at radius 2 is 1.00 bits per heavy atom. The summed E-state index contributed by atoms with van der Waals surface area (Å²) in [5, 5.41) is 5.98. The Hall–Kier alpha value is -3.36. The fraction of sp³-hybridized carbons (Fsp3) is 0. The number of halogens is 1. The molecule has 0 bridgehead atoms. The molecule has 0 saturated carbocycles. The predicted molar refractivity (Wildman–Crippen MR) is 132 cm³/mol. The monoisotopic (exact) mass is 449 g/mol. The Kier molecular flexibility index (Phi) is 5.08. The van der Waals surface area contributed by atoms with Crippen molar-refractivity contribution in [2.45, 2.75) is 0 Å². The number of anilines is 2. The zero-order valence-corrected chi connectivity index (χ0v) is 17.9. The van der Waals surface area contributed by atoms with E-state index >= 15 is 0 Å². The van der Waals surface area contributed by atoms with Crippen molar-refractivity contribution in [1.82, 2.24) is 0 Å². The van der Waals surface area contributed by atoms with Gasteiger partial charge in [-0.25, -0.2) is 0 Å². The minimum Gasteiger partial charge on any atom is -0.356 e. The second-order valence-corrected chi connectivity index (χ2v) is 8.23. The van der Waals surface area contributed by atoms with Crippen molar-refractivity contribution in [3.8, 4) is 22.3 Å². The van der Waals surface area contributed by atoms with E-state index < -0.39 is 0 Å². The molecule has 2 heteroatoms. The average molecular weight is 450 g/mol. The first-order chi connectivity index (χ1) is 14.8. The number of benzene rings is 5. The van der Waals surface area contributed by atoms with E-state index in [1.165, 1.54) is 33.0 Å². The third kappa shape index (κ3) is 3.87. The Morgan fingerprint density at radius 3 is 1.70 bits per heavy atom. The van der Waals surface area contributed by atoms with Gasteiger partial charge < -0.3 is 5.32 Å². The second-order valence-electron chi connectivity index (χ2n) is 7.32. The number of hydrogen-bond acceptors (Lipinski definition) is 1. The van der Waals surface area contributed by atoms with Gasteiger partial charge in [0.2, 0.25) is 0 Å². The summed E-state index contributed by atoms with van der Waals surface area (Å²) in [5.41, 5.74) is 7.08. The zero-order valence-electron chi connectivity index (χ0n) is 16.3. The van der Waals surface area contributed by atoms with Crippen LogP contribution in [0.2, 0.25) is 0 Å². The van der Waals surface area contributed by atoms with Gasteiger partial charge in [0.1, 0.15) is 0 Å². The smallest absolute Gasteiger partial charge is 0.0384 e. The minimum absolute atomic E-state index is 1.07. The van der Waals surface area contributed by atoms with E-state index in [4.69, 9.17) is 0 Å². The van der Waals surface area contributed by atoms with Crippen molar-refractivity contribution in [3.05, 3.63) is 120 Å². The molecule has 5 aromatic carbocycles.